The van der Waals surface area contributed by atoms with Gasteiger partial charge < -0.3 is 15.0 Å². The van der Waals surface area contributed by atoms with Crippen LogP contribution < -0.4 is 10.1 Å². The van der Waals surface area contributed by atoms with Gasteiger partial charge in [-0.3, -0.25) is 10.1 Å². The Kier molecular flexibility index (Phi) is 5.18. The van der Waals surface area contributed by atoms with E-state index >= 15 is 0 Å². The Morgan fingerprint density at radius 1 is 1.00 bits per heavy atom. The molecule has 1 aliphatic rings. The van der Waals surface area contributed by atoms with Crippen LogP contribution in [0.15, 0.2) is 60.4 Å². The van der Waals surface area contributed by atoms with Gasteiger partial charge in [-0.1, -0.05) is 6.07 Å². The average Bonchev–Trinajstić information content (AvgIpc) is 3.68. The van der Waals surface area contributed by atoms with Crippen LogP contribution in [0.2, 0.25) is 0 Å². The van der Waals surface area contributed by atoms with Crippen LogP contribution in [-0.2, 0) is 0 Å². The first-order valence-corrected chi connectivity index (χ1v) is 12.8. The summed E-state index contributed by atoms with van der Waals surface area (Å²) in [5.74, 6) is 1.39. The highest BCUT2D eigenvalue weighted by atomic mass is 32.1. The highest BCUT2D eigenvalue weighted by molar-refractivity contribution is 7.13. The van der Waals surface area contributed by atoms with Crippen molar-refractivity contribution in [1.82, 2.24) is 40.4 Å². The van der Waals surface area contributed by atoms with Crippen LogP contribution in [0.3, 0.4) is 0 Å². The zero-order chi connectivity index (χ0) is 23.9. The molecule has 0 aliphatic carbocycles. The lowest BCUT2D eigenvalue weighted by Gasteiger charge is -2.23. The van der Waals surface area contributed by atoms with Crippen molar-refractivity contribution in [2.45, 2.75) is 18.9 Å². The van der Waals surface area contributed by atoms with Crippen molar-refractivity contribution < 1.29 is 4.74 Å². The number of hydrogen-bond acceptors (Lipinski definition) is 8. The first-order chi connectivity index (χ1) is 17.8. The summed E-state index contributed by atoms with van der Waals surface area (Å²) in [7, 11) is 0. The molecule has 0 aromatic carbocycles. The molecule has 7 heterocycles. The molecule has 0 unspecified atom stereocenters. The molecule has 0 spiro atoms. The third kappa shape index (κ3) is 3.80. The Hall–Kier alpha value is -4.15. The van der Waals surface area contributed by atoms with Gasteiger partial charge in [-0.15, -0.1) is 11.3 Å². The first-order valence-electron chi connectivity index (χ1n) is 11.9. The van der Waals surface area contributed by atoms with Crippen LogP contribution in [-0.4, -0.2) is 54.3 Å². The highest BCUT2D eigenvalue weighted by Crippen LogP contribution is 2.33. The van der Waals surface area contributed by atoms with E-state index in [1.54, 1.807) is 23.7 Å². The molecular weight excluding hydrogens is 472 g/mol. The lowest BCUT2D eigenvalue weighted by molar-refractivity contribution is 0.162. The molecule has 6 aromatic heterocycles. The monoisotopic (exact) mass is 494 g/mol. The number of pyridine rings is 3. The lowest BCUT2D eigenvalue weighted by atomic mass is 10.1. The van der Waals surface area contributed by atoms with E-state index in [0.717, 1.165) is 75.6 Å². The fourth-order valence-electron chi connectivity index (χ4n) is 4.61. The molecule has 3 N–H and O–H groups in total. The molecule has 1 fully saturated rings. The van der Waals surface area contributed by atoms with Gasteiger partial charge >= 0.3 is 0 Å². The Bertz CT molecular complexity index is 1670. The summed E-state index contributed by atoms with van der Waals surface area (Å²) >= 11 is 1.68. The van der Waals surface area contributed by atoms with E-state index < -0.39 is 0 Å². The van der Waals surface area contributed by atoms with Gasteiger partial charge in [0, 0.05) is 28.4 Å². The fraction of sp³-hybridized carbons (Fsp3) is 0.192. The molecule has 7 rings (SSSR count). The van der Waals surface area contributed by atoms with Gasteiger partial charge in [0.05, 0.1) is 17.4 Å². The van der Waals surface area contributed by atoms with Gasteiger partial charge in [0.25, 0.3) is 0 Å². The van der Waals surface area contributed by atoms with E-state index in [2.05, 4.69) is 41.9 Å². The van der Waals surface area contributed by atoms with Crippen LogP contribution >= 0.6 is 11.3 Å². The van der Waals surface area contributed by atoms with Crippen molar-refractivity contribution in [2.75, 3.05) is 13.1 Å². The smallest absolute Gasteiger partial charge is 0.162 e. The number of nitrogens with one attached hydrogen (secondary N) is 3. The van der Waals surface area contributed by atoms with Gasteiger partial charge in [-0.2, -0.15) is 5.10 Å². The van der Waals surface area contributed by atoms with Gasteiger partial charge in [0.15, 0.2) is 17.2 Å². The number of thiophene rings is 1. The maximum absolute atomic E-state index is 6.19. The van der Waals surface area contributed by atoms with E-state index in [4.69, 9.17) is 14.7 Å². The lowest BCUT2D eigenvalue weighted by Crippen LogP contribution is -2.34. The second kappa shape index (κ2) is 8.81. The van der Waals surface area contributed by atoms with Crippen molar-refractivity contribution in [3.63, 3.8) is 0 Å². The van der Waals surface area contributed by atoms with Crippen LogP contribution in [0.5, 0.6) is 5.75 Å². The van der Waals surface area contributed by atoms with E-state index in [1.807, 2.05) is 36.5 Å². The van der Waals surface area contributed by atoms with Gasteiger partial charge in [-0.25, -0.2) is 15.0 Å². The Morgan fingerprint density at radius 3 is 2.83 bits per heavy atom. The summed E-state index contributed by atoms with van der Waals surface area (Å²) in [6, 6.07) is 12.1. The van der Waals surface area contributed by atoms with Crippen LogP contribution in [0.25, 0.3) is 55.4 Å². The number of nitrogens with zero attached hydrogens (tertiary/aromatic N) is 5. The quantitative estimate of drug-likeness (QED) is 0.315. The summed E-state index contributed by atoms with van der Waals surface area (Å²) in [6.45, 7) is 1.96. The molecule has 36 heavy (non-hydrogen) atoms. The number of H-pyrrole nitrogens is 2. The highest BCUT2D eigenvalue weighted by Gasteiger charge is 2.18. The molecule has 0 amide bonds. The molecule has 0 saturated carbocycles. The maximum Gasteiger partial charge on any atom is 0.162 e. The van der Waals surface area contributed by atoms with Crippen LogP contribution in [0.4, 0.5) is 0 Å². The minimum absolute atomic E-state index is 0.208. The predicted octanol–water partition coefficient (Wildman–Crippen LogP) is 4.82. The zero-order valence-corrected chi connectivity index (χ0v) is 20.0. The van der Waals surface area contributed by atoms with E-state index in [0.29, 0.717) is 11.5 Å². The molecule has 0 bridgehead atoms. The minimum atomic E-state index is 0.208. The minimum Gasteiger partial charge on any atom is -0.489 e. The Morgan fingerprint density at radius 2 is 1.94 bits per heavy atom. The van der Waals surface area contributed by atoms with Crippen molar-refractivity contribution in [3.05, 3.63) is 60.4 Å². The number of hydrogen-bond donors (Lipinski definition) is 3. The Balaban J connectivity index is 1.26. The molecule has 1 aliphatic heterocycles. The molecule has 9 nitrogen and oxygen atoms in total. The summed E-state index contributed by atoms with van der Waals surface area (Å²) in [5, 5.41) is 13.0. The molecule has 0 radical (unpaired) electrons. The summed E-state index contributed by atoms with van der Waals surface area (Å²) < 4.78 is 6.19. The number of fused-ring (bicyclic) bond motifs is 2. The molecule has 178 valence electrons. The topological polar surface area (TPSA) is 117 Å². The number of imidazole rings is 1. The molecule has 1 saturated heterocycles. The number of rotatable bonds is 5. The first kappa shape index (κ1) is 21.2. The third-order valence-electron chi connectivity index (χ3n) is 6.40. The zero-order valence-electron chi connectivity index (χ0n) is 19.2. The average molecular weight is 495 g/mol. The van der Waals surface area contributed by atoms with Gasteiger partial charge in [0.2, 0.25) is 0 Å². The van der Waals surface area contributed by atoms with Crippen molar-refractivity contribution in [3.8, 4) is 39.0 Å². The van der Waals surface area contributed by atoms with Crippen molar-refractivity contribution in [2.24, 2.45) is 0 Å². The van der Waals surface area contributed by atoms with E-state index in [-0.39, 0.29) is 6.10 Å². The number of piperidine rings is 1. The van der Waals surface area contributed by atoms with Gasteiger partial charge in [0.1, 0.15) is 22.9 Å². The summed E-state index contributed by atoms with van der Waals surface area (Å²) in [5.41, 5.74) is 6.47. The van der Waals surface area contributed by atoms with Gasteiger partial charge in [-0.05, 0) is 61.6 Å². The predicted molar refractivity (Wildman–Crippen MR) is 140 cm³/mol. The van der Waals surface area contributed by atoms with Crippen molar-refractivity contribution in [1.29, 1.82) is 0 Å². The third-order valence-corrected chi connectivity index (χ3v) is 7.30. The SMILES string of the molecule is c1csc(-c2ccnc3[nH]c(-c4n[nH]c5ccc(-c6cncc(OC7CCNCC7)c6)nc45)nc23)c1. The summed E-state index contributed by atoms with van der Waals surface area (Å²) in [4.78, 5) is 23.2. The largest absolute Gasteiger partial charge is 0.489 e. The number of aromatic amines is 2. The second-order valence-corrected chi connectivity index (χ2v) is 9.71. The standard InChI is InChI=1S/C26H22N8OS/c1-2-21(36-11-1)18-7-10-29-25-22(18)31-26(32-25)24-23-20(33-34-24)4-3-19(30-23)15-12-17(14-28-13-15)35-16-5-8-27-9-6-16/h1-4,7,10-14,16,27H,5-6,8-9H2,(H,33,34)(H,29,31,32). The molecular formula is C26H22N8OS. The maximum atomic E-state index is 6.19. The normalized spacial score (nSPS) is 14.6. The van der Waals surface area contributed by atoms with Crippen LogP contribution in [0.1, 0.15) is 12.8 Å². The van der Waals surface area contributed by atoms with Crippen molar-refractivity contribution >= 4 is 33.5 Å². The molecule has 10 heteroatoms. The van der Waals surface area contributed by atoms with E-state index in [1.165, 1.54) is 0 Å². The number of ether oxygens (including phenoxy) is 1. The second-order valence-electron chi connectivity index (χ2n) is 8.76. The Labute approximate surface area is 210 Å². The number of aromatic nitrogens is 7. The van der Waals surface area contributed by atoms with Crippen LogP contribution in [0, 0.1) is 0 Å². The molecule has 0 atom stereocenters. The molecule has 6 aromatic rings. The summed E-state index contributed by atoms with van der Waals surface area (Å²) in [6.07, 6.45) is 7.56. The van der Waals surface area contributed by atoms with E-state index in [9.17, 15) is 0 Å². The fourth-order valence-corrected chi connectivity index (χ4v) is 5.36.